The number of pyridine rings is 1. The van der Waals surface area contributed by atoms with Crippen LogP contribution in [0.3, 0.4) is 0 Å². The van der Waals surface area contributed by atoms with Gasteiger partial charge in [-0.15, -0.1) is 11.3 Å². The standard InChI is InChI=1S/C27H30N2O4S/c1-16-9-10-29(24(30)11-16)22(12-19-7-8-19)27(33)28-21(14-25(31)32)20-13-23(34-15-20)26-17(2)5-4-6-18(26)3/h4-6,9-11,13,15,19,21-22H,7-8,12,14H2,1-3H3,(H,28,33)(H,31,32)/t21-,22+/m0/s1. The fraction of sp³-hybridized carbons (Fsp3) is 0.370. The molecule has 1 aliphatic carbocycles. The van der Waals surface area contributed by atoms with Crippen molar-refractivity contribution < 1.29 is 14.7 Å². The van der Waals surface area contributed by atoms with Crippen LogP contribution in [-0.2, 0) is 9.59 Å². The molecule has 3 aromatic rings. The van der Waals surface area contributed by atoms with Gasteiger partial charge in [-0.25, -0.2) is 0 Å². The first-order valence-electron chi connectivity index (χ1n) is 11.6. The number of carboxylic acid groups (broad SMARTS) is 1. The molecule has 34 heavy (non-hydrogen) atoms. The molecule has 7 heteroatoms. The van der Waals surface area contributed by atoms with Gasteiger partial charge in [0.1, 0.15) is 6.04 Å². The molecule has 1 amide bonds. The lowest BCUT2D eigenvalue weighted by Crippen LogP contribution is -2.39. The molecule has 1 aromatic carbocycles. The molecule has 2 aromatic heterocycles. The number of nitrogens with one attached hydrogen (secondary N) is 1. The summed E-state index contributed by atoms with van der Waals surface area (Å²) in [5.41, 5.74) is 4.82. The number of hydrogen-bond donors (Lipinski definition) is 2. The topological polar surface area (TPSA) is 88.4 Å². The van der Waals surface area contributed by atoms with Crippen LogP contribution in [0.5, 0.6) is 0 Å². The van der Waals surface area contributed by atoms with Crippen molar-refractivity contribution in [1.29, 1.82) is 0 Å². The van der Waals surface area contributed by atoms with Crippen LogP contribution >= 0.6 is 11.3 Å². The van der Waals surface area contributed by atoms with Crippen LogP contribution in [0.15, 0.2) is 52.8 Å². The summed E-state index contributed by atoms with van der Waals surface area (Å²) in [6, 6.07) is 10.1. The van der Waals surface area contributed by atoms with E-state index in [1.165, 1.54) is 10.6 Å². The van der Waals surface area contributed by atoms with Gasteiger partial charge in [-0.1, -0.05) is 31.0 Å². The van der Waals surface area contributed by atoms with Crippen LogP contribution in [0.25, 0.3) is 10.4 Å². The van der Waals surface area contributed by atoms with Crippen LogP contribution < -0.4 is 10.9 Å². The number of rotatable bonds is 9. The summed E-state index contributed by atoms with van der Waals surface area (Å²) in [6.07, 6.45) is 4.11. The zero-order valence-corrected chi connectivity index (χ0v) is 20.5. The molecule has 0 unspecified atom stereocenters. The van der Waals surface area contributed by atoms with E-state index < -0.39 is 18.1 Å². The molecule has 1 aliphatic rings. The second-order valence-electron chi connectivity index (χ2n) is 9.31. The van der Waals surface area contributed by atoms with Gasteiger partial charge in [-0.3, -0.25) is 14.4 Å². The number of benzene rings is 1. The number of aryl methyl sites for hydroxylation is 3. The summed E-state index contributed by atoms with van der Waals surface area (Å²) in [7, 11) is 0. The van der Waals surface area contributed by atoms with Crippen molar-refractivity contribution in [2.75, 3.05) is 0 Å². The van der Waals surface area contributed by atoms with Gasteiger partial charge in [0, 0.05) is 17.1 Å². The fourth-order valence-corrected chi connectivity index (χ4v) is 5.56. The zero-order valence-electron chi connectivity index (χ0n) is 19.7. The number of thiophene rings is 1. The highest BCUT2D eigenvalue weighted by Gasteiger charge is 2.32. The molecule has 1 fully saturated rings. The Morgan fingerprint density at radius 3 is 2.47 bits per heavy atom. The smallest absolute Gasteiger partial charge is 0.305 e. The van der Waals surface area contributed by atoms with Crippen molar-refractivity contribution >= 4 is 23.2 Å². The van der Waals surface area contributed by atoms with Gasteiger partial charge in [0.15, 0.2) is 0 Å². The number of carbonyl (C=O) groups excluding carboxylic acids is 1. The largest absolute Gasteiger partial charge is 0.481 e. The minimum absolute atomic E-state index is 0.219. The fourth-order valence-electron chi connectivity index (χ4n) is 4.43. The maximum absolute atomic E-state index is 13.4. The predicted molar refractivity (Wildman–Crippen MR) is 134 cm³/mol. The van der Waals surface area contributed by atoms with Crippen LogP contribution in [0.2, 0.25) is 0 Å². The molecule has 1 saturated carbocycles. The van der Waals surface area contributed by atoms with E-state index in [4.69, 9.17) is 0 Å². The molecule has 4 rings (SSSR count). The molecular formula is C27H30N2O4S. The highest BCUT2D eigenvalue weighted by molar-refractivity contribution is 7.13. The lowest BCUT2D eigenvalue weighted by atomic mass is 9.99. The lowest BCUT2D eigenvalue weighted by molar-refractivity contribution is -0.138. The van der Waals surface area contributed by atoms with E-state index in [2.05, 4.69) is 31.3 Å². The van der Waals surface area contributed by atoms with E-state index in [9.17, 15) is 19.5 Å². The van der Waals surface area contributed by atoms with E-state index in [1.807, 2.05) is 30.5 Å². The maximum Gasteiger partial charge on any atom is 0.305 e. The number of aliphatic carboxylic acids is 1. The second kappa shape index (κ2) is 9.97. The van der Waals surface area contributed by atoms with Crippen LogP contribution in [0, 0.1) is 26.7 Å². The number of carbonyl (C=O) groups is 2. The van der Waals surface area contributed by atoms with E-state index >= 15 is 0 Å². The normalized spacial score (nSPS) is 15.0. The average Bonchev–Trinajstić information content (AvgIpc) is 3.46. The van der Waals surface area contributed by atoms with Crippen molar-refractivity contribution in [1.82, 2.24) is 9.88 Å². The molecular weight excluding hydrogens is 448 g/mol. The molecule has 0 radical (unpaired) electrons. The molecule has 0 bridgehead atoms. The first-order chi connectivity index (χ1) is 16.2. The lowest BCUT2D eigenvalue weighted by Gasteiger charge is -2.23. The molecule has 178 valence electrons. The third-order valence-electron chi connectivity index (χ3n) is 6.44. The number of carboxylic acids is 1. The number of amides is 1. The Bertz CT molecular complexity index is 1250. The Kier molecular flexibility index (Phi) is 7.03. The van der Waals surface area contributed by atoms with Crippen LogP contribution in [0.1, 0.15) is 60.0 Å². The summed E-state index contributed by atoms with van der Waals surface area (Å²) in [6.45, 7) is 5.95. The Labute approximate surface area is 203 Å². The average molecular weight is 479 g/mol. The zero-order chi connectivity index (χ0) is 24.4. The first kappa shape index (κ1) is 24.0. The summed E-state index contributed by atoms with van der Waals surface area (Å²) in [4.78, 5) is 38.8. The van der Waals surface area contributed by atoms with Crippen molar-refractivity contribution in [3.8, 4) is 10.4 Å². The number of hydrogen-bond acceptors (Lipinski definition) is 4. The highest BCUT2D eigenvalue weighted by atomic mass is 32.1. The molecule has 0 aliphatic heterocycles. The summed E-state index contributed by atoms with van der Waals surface area (Å²) >= 11 is 1.54. The molecule has 2 atom stereocenters. The third-order valence-corrected chi connectivity index (χ3v) is 7.41. The Morgan fingerprint density at radius 1 is 1.15 bits per heavy atom. The van der Waals surface area contributed by atoms with E-state index in [0.29, 0.717) is 12.3 Å². The predicted octanol–water partition coefficient (Wildman–Crippen LogP) is 5.18. The SMILES string of the molecule is Cc1ccn([C@H](CC2CC2)C(=O)N[C@@H](CC(=O)O)c2csc(-c3c(C)cccc3C)c2)c(=O)c1. The van der Waals surface area contributed by atoms with Gasteiger partial charge in [-0.2, -0.15) is 0 Å². The first-order valence-corrected chi connectivity index (χ1v) is 12.5. The molecule has 2 N–H and O–H groups in total. The van der Waals surface area contributed by atoms with Crippen molar-refractivity contribution in [3.05, 3.63) is 80.6 Å². The van der Waals surface area contributed by atoms with Crippen molar-refractivity contribution in [2.24, 2.45) is 5.92 Å². The minimum Gasteiger partial charge on any atom is -0.481 e. The van der Waals surface area contributed by atoms with E-state index in [0.717, 1.165) is 45.5 Å². The van der Waals surface area contributed by atoms with Crippen molar-refractivity contribution in [3.63, 3.8) is 0 Å². The second-order valence-corrected chi connectivity index (χ2v) is 10.2. The minimum atomic E-state index is -0.989. The molecule has 0 saturated heterocycles. The van der Waals surface area contributed by atoms with Gasteiger partial charge >= 0.3 is 5.97 Å². The third kappa shape index (κ3) is 5.47. The highest BCUT2D eigenvalue weighted by Crippen LogP contribution is 2.38. The summed E-state index contributed by atoms with van der Waals surface area (Å²) in [5.74, 6) is -0.890. The van der Waals surface area contributed by atoms with Crippen LogP contribution in [-0.4, -0.2) is 21.6 Å². The maximum atomic E-state index is 13.4. The quantitative estimate of drug-likeness (QED) is 0.444. The molecule has 6 nitrogen and oxygen atoms in total. The van der Waals surface area contributed by atoms with Gasteiger partial charge in [0.05, 0.1) is 12.5 Å². The van der Waals surface area contributed by atoms with E-state index in [-0.39, 0.29) is 17.9 Å². The Morgan fingerprint density at radius 2 is 1.85 bits per heavy atom. The summed E-state index contributed by atoms with van der Waals surface area (Å²) in [5, 5.41) is 14.4. The van der Waals surface area contributed by atoms with Gasteiger partial charge in [-0.05, 0) is 78.4 Å². The van der Waals surface area contributed by atoms with Gasteiger partial charge < -0.3 is 15.0 Å². The molecule has 0 spiro atoms. The number of aromatic nitrogens is 1. The van der Waals surface area contributed by atoms with E-state index in [1.54, 1.807) is 17.5 Å². The van der Waals surface area contributed by atoms with Crippen LogP contribution in [0.4, 0.5) is 0 Å². The Balaban J connectivity index is 1.62. The van der Waals surface area contributed by atoms with Crippen molar-refractivity contribution in [2.45, 2.75) is 58.5 Å². The van der Waals surface area contributed by atoms with Gasteiger partial charge in [0.2, 0.25) is 5.91 Å². The molecule has 2 heterocycles. The monoisotopic (exact) mass is 478 g/mol. The Hall–Kier alpha value is -3.19. The number of nitrogens with zero attached hydrogens (tertiary/aromatic N) is 1. The van der Waals surface area contributed by atoms with Gasteiger partial charge in [0.25, 0.3) is 5.56 Å². The summed E-state index contributed by atoms with van der Waals surface area (Å²) < 4.78 is 1.48.